The quantitative estimate of drug-likeness (QED) is 0.440. The van der Waals surface area contributed by atoms with E-state index in [1.54, 1.807) is 26.0 Å². The van der Waals surface area contributed by atoms with Crippen molar-refractivity contribution in [2.45, 2.75) is 46.3 Å². The number of carbonyl (C=O) groups is 1. The van der Waals surface area contributed by atoms with Crippen LogP contribution in [0.4, 0.5) is 0 Å². The van der Waals surface area contributed by atoms with Gasteiger partial charge in [-0.15, -0.1) is 0 Å². The first kappa shape index (κ1) is 22.6. The molecule has 3 aromatic carbocycles. The third-order valence-corrected chi connectivity index (χ3v) is 5.33. The van der Waals surface area contributed by atoms with Gasteiger partial charge in [0.1, 0.15) is 24.4 Å². The largest absolute Gasteiger partial charge is 0.493 e. The normalized spacial score (nSPS) is 11.3. The number of rotatable bonds is 9. The van der Waals surface area contributed by atoms with Crippen LogP contribution in [0.1, 0.15) is 47.3 Å². The summed E-state index contributed by atoms with van der Waals surface area (Å²) in [5.41, 5.74) is 5.64. The fourth-order valence-corrected chi connectivity index (χ4v) is 3.38. The monoisotopic (exact) mass is 418 g/mol. The Labute approximate surface area is 184 Å². The van der Waals surface area contributed by atoms with Crippen LogP contribution in [-0.2, 0) is 6.61 Å². The van der Waals surface area contributed by atoms with E-state index in [4.69, 9.17) is 9.47 Å². The maximum Gasteiger partial charge on any atom is 0.150 e. The highest BCUT2D eigenvalue weighted by Gasteiger charge is 2.13. The summed E-state index contributed by atoms with van der Waals surface area (Å²) < 4.78 is 11.7. The average molecular weight is 419 g/mol. The van der Waals surface area contributed by atoms with Crippen LogP contribution in [0.25, 0.3) is 11.1 Å². The van der Waals surface area contributed by atoms with Gasteiger partial charge in [0.05, 0.1) is 12.2 Å². The van der Waals surface area contributed by atoms with E-state index in [-0.39, 0.29) is 0 Å². The highest BCUT2D eigenvalue weighted by atomic mass is 16.5. The number of hydrogen-bond donors (Lipinski definition) is 1. The van der Waals surface area contributed by atoms with Gasteiger partial charge in [-0.3, -0.25) is 4.79 Å². The second kappa shape index (κ2) is 9.80. The van der Waals surface area contributed by atoms with E-state index in [1.807, 2.05) is 30.3 Å². The Balaban J connectivity index is 1.73. The van der Waals surface area contributed by atoms with Gasteiger partial charge in [0.15, 0.2) is 0 Å². The van der Waals surface area contributed by atoms with E-state index >= 15 is 0 Å². The number of aryl methyl sites for hydroxylation is 1. The molecule has 0 radical (unpaired) electrons. The van der Waals surface area contributed by atoms with Crippen molar-refractivity contribution in [2.75, 3.05) is 6.61 Å². The lowest BCUT2D eigenvalue weighted by Crippen LogP contribution is -2.21. The van der Waals surface area contributed by atoms with E-state index in [1.165, 1.54) is 5.56 Å². The maximum absolute atomic E-state index is 10.8. The van der Waals surface area contributed by atoms with Crippen molar-refractivity contribution in [3.8, 4) is 22.6 Å². The van der Waals surface area contributed by atoms with Crippen molar-refractivity contribution in [3.63, 3.8) is 0 Å². The Kier molecular flexibility index (Phi) is 7.13. The molecular weight excluding hydrogens is 388 g/mol. The van der Waals surface area contributed by atoms with Crippen LogP contribution >= 0.6 is 0 Å². The molecule has 0 saturated heterocycles. The van der Waals surface area contributed by atoms with Crippen molar-refractivity contribution in [1.29, 1.82) is 0 Å². The molecule has 0 spiro atoms. The molecule has 0 aliphatic heterocycles. The first-order valence-electron chi connectivity index (χ1n) is 10.5. The van der Waals surface area contributed by atoms with Crippen molar-refractivity contribution in [2.24, 2.45) is 0 Å². The van der Waals surface area contributed by atoms with Gasteiger partial charge in [-0.25, -0.2) is 0 Å². The van der Waals surface area contributed by atoms with Gasteiger partial charge in [-0.05, 0) is 91.9 Å². The van der Waals surface area contributed by atoms with Gasteiger partial charge in [-0.2, -0.15) is 0 Å². The Morgan fingerprint density at radius 1 is 0.903 bits per heavy atom. The lowest BCUT2D eigenvalue weighted by atomic mass is 9.93. The van der Waals surface area contributed by atoms with Gasteiger partial charge in [-0.1, -0.05) is 24.3 Å². The Bertz CT molecular complexity index is 1030. The summed E-state index contributed by atoms with van der Waals surface area (Å²) in [6, 6.07) is 19.5. The Hall–Kier alpha value is -3.11. The van der Waals surface area contributed by atoms with Crippen LogP contribution in [0, 0.1) is 13.8 Å². The van der Waals surface area contributed by atoms with Gasteiger partial charge >= 0.3 is 0 Å². The highest BCUT2D eigenvalue weighted by molar-refractivity contribution is 5.75. The Morgan fingerprint density at radius 3 is 2.26 bits per heavy atom. The van der Waals surface area contributed by atoms with Crippen LogP contribution < -0.4 is 9.47 Å². The number of benzene rings is 3. The topological polar surface area (TPSA) is 55.8 Å². The smallest absolute Gasteiger partial charge is 0.150 e. The van der Waals surface area contributed by atoms with Crippen LogP contribution in [0.15, 0.2) is 60.7 Å². The summed E-state index contributed by atoms with van der Waals surface area (Å²) in [5, 5.41) is 9.84. The molecule has 0 aliphatic carbocycles. The molecule has 0 atom stereocenters. The summed E-state index contributed by atoms with van der Waals surface area (Å²) in [7, 11) is 0. The molecule has 4 heteroatoms. The Morgan fingerprint density at radius 2 is 1.61 bits per heavy atom. The van der Waals surface area contributed by atoms with Gasteiger partial charge < -0.3 is 14.6 Å². The molecule has 1 N–H and O–H groups in total. The van der Waals surface area contributed by atoms with Crippen molar-refractivity contribution < 1.29 is 19.4 Å². The number of hydrogen-bond acceptors (Lipinski definition) is 4. The predicted molar refractivity (Wildman–Crippen MR) is 124 cm³/mol. The number of ether oxygens (including phenoxy) is 2. The standard InChI is InChI=1S/C27H30O4/c1-19-16-24(30-15-14-27(3,4)29)12-13-25(19)26-7-5-6-22(20(26)2)18-31-23-10-8-21(17-28)9-11-23/h5-13,16-17,29H,14-15,18H2,1-4H3. The molecule has 0 amide bonds. The molecule has 0 aromatic heterocycles. The number of aliphatic hydroxyl groups is 1. The summed E-state index contributed by atoms with van der Waals surface area (Å²) >= 11 is 0. The third kappa shape index (κ3) is 6.19. The van der Waals surface area contributed by atoms with Gasteiger partial charge in [0.25, 0.3) is 0 Å². The summed E-state index contributed by atoms with van der Waals surface area (Å²) in [5.74, 6) is 1.54. The van der Waals surface area contributed by atoms with Crippen LogP contribution in [0.3, 0.4) is 0 Å². The fourth-order valence-electron chi connectivity index (χ4n) is 3.38. The van der Waals surface area contributed by atoms with Crippen LogP contribution in [0.2, 0.25) is 0 Å². The maximum atomic E-state index is 10.8. The van der Waals surface area contributed by atoms with Crippen molar-refractivity contribution in [3.05, 3.63) is 82.9 Å². The molecule has 3 rings (SSSR count). The second-order valence-electron chi connectivity index (χ2n) is 8.45. The zero-order valence-electron chi connectivity index (χ0n) is 18.6. The molecule has 3 aromatic rings. The van der Waals surface area contributed by atoms with E-state index in [2.05, 4.69) is 32.0 Å². The average Bonchev–Trinajstić information content (AvgIpc) is 2.73. The number of aldehydes is 1. The fraction of sp³-hybridized carbons (Fsp3) is 0.296. The lowest BCUT2D eigenvalue weighted by Gasteiger charge is -2.18. The van der Waals surface area contributed by atoms with E-state index < -0.39 is 5.60 Å². The van der Waals surface area contributed by atoms with Crippen LogP contribution in [0.5, 0.6) is 11.5 Å². The van der Waals surface area contributed by atoms with Crippen LogP contribution in [-0.4, -0.2) is 23.6 Å². The lowest BCUT2D eigenvalue weighted by molar-refractivity contribution is 0.0553. The summed E-state index contributed by atoms with van der Waals surface area (Å²) in [4.78, 5) is 10.8. The van der Waals surface area contributed by atoms with Crippen molar-refractivity contribution >= 4 is 6.29 Å². The minimum atomic E-state index is -0.731. The molecular formula is C27H30O4. The first-order chi connectivity index (χ1) is 14.8. The molecule has 0 saturated carbocycles. The molecule has 4 nitrogen and oxygen atoms in total. The first-order valence-corrected chi connectivity index (χ1v) is 10.5. The minimum Gasteiger partial charge on any atom is -0.493 e. The van der Waals surface area contributed by atoms with E-state index in [0.29, 0.717) is 25.2 Å². The molecule has 0 bridgehead atoms. The predicted octanol–water partition coefficient (Wildman–Crippen LogP) is 5.90. The van der Waals surface area contributed by atoms with Crippen molar-refractivity contribution in [1.82, 2.24) is 0 Å². The summed E-state index contributed by atoms with van der Waals surface area (Å²) in [6.45, 7) is 8.68. The SMILES string of the molecule is Cc1cc(OCCC(C)(C)O)ccc1-c1cccc(COc2ccc(C=O)cc2)c1C. The third-order valence-electron chi connectivity index (χ3n) is 5.33. The molecule has 0 fully saturated rings. The number of carbonyl (C=O) groups excluding carboxylic acids is 1. The molecule has 0 aliphatic rings. The van der Waals surface area contributed by atoms with E-state index in [0.717, 1.165) is 40.0 Å². The molecule has 0 heterocycles. The van der Waals surface area contributed by atoms with E-state index in [9.17, 15) is 9.90 Å². The highest BCUT2D eigenvalue weighted by Crippen LogP contribution is 2.31. The minimum absolute atomic E-state index is 0.456. The second-order valence-corrected chi connectivity index (χ2v) is 8.45. The van der Waals surface area contributed by atoms with Gasteiger partial charge in [0, 0.05) is 12.0 Å². The summed E-state index contributed by atoms with van der Waals surface area (Å²) in [6.07, 6.45) is 1.40. The van der Waals surface area contributed by atoms with Gasteiger partial charge in [0.2, 0.25) is 0 Å². The molecule has 0 unspecified atom stereocenters. The zero-order chi connectivity index (χ0) is 22.4. The zero-order valence-corrected chi connectivity index (χ0v) is 18.6. The molecule has 162 valence electrons. The molecule has 31 heavy (non-hydrogen) atoms.